The third-order valence-electron chi connectivity index (χ3n) is 4.17. The molecule has 0 spiro atoms. The zero-order valence-corrected chi connectivity index (χ0v) is 13.4. The summed E-state index contributed by atoms with van der Waals surface area (Å²) in [5.41, 5.74) is 1.45. The lowest BCUT2D eigenvalue weighted by Gasteiger charge is -2.33. The van der Waals surface area contributed by atoms with Gasteiger partial charge < -0.3 is 14.7 Å². The smallest absolute Gasteiger partial charge is 0.0900 e. The summed E-state index contributed by atoms with van der Waals surface area (Å²) in [4.78, 5) is 2.37. The molecule has 1 saturated heterocycles. The predicted octanol–water partition coefficient (Wildman–Crippen LogP) is 2.73. The van der Waals surface area contributed by atoms with Gasteiger partial charge in [-0.1, -0.05) is 30.3 Å². The number of piperidine rings is 1. The molecule has 118 valence electrons. The number of hydrogen-bond acceptors (Lipinski definition) is 3. The van der Waals surface area contributed by atoms with Gasteiger partial charge >= 0.3 is 0 Å². The van der Waals surface area contributed by atoms with E-state index in [4.69, 9.17) is 4.74 Å². The van der Waals surface area contributed by atoms with E-state index in [1.807, 2.05) is 13.8 Å². The Morgan fingerprint density at radius 2 is 1.86 bits per heavy atom. The highest BCUT2D eigenvalue weighted by atomic mass is 16.5. The molecule has 0 unspecified atom stereocenters. The van der Waals surface area contributed by atoms with Crippen molar-refractivity contribution in [1.82, 2.24) is 4.90 Å². The Bertz CT molecular complexity index is 385. The molecule has 1 fully saturated rings. The van der Waals surface area contributed by atoms with Gasteiger partial charge in [0.15, 0.2) is 0 Å². The lowest BCUT2D eigenvalue weighted by atomic mass is 9.90. The van der Waals surface area contributed by atoms with E-state index < -0.39 is 0 Å². The van der Waals surface area contributed by atoms with Gasteiger partial charge in [-0.05, 0) is 57.7 Å². The van der Waals surface area contributed by atoms with Crippen LogP contribution in [0.25, 0.3) is 0 Å². The molecule has 2 rings (SSSR count). The first-order valence-corrected chi connectivity index (χ1v) is 8.19. The van der Waals surface area contributed by atoms with Gasteiger partial charge in [-0.15, -0.1) is 0 Å². The largest absolute Gasteiger partial charge is 0.389 e. The van der Waals surface area contributed by atoms with Gasteiger partial charge in [-0.25, -0.2) is 0 Å². The first-order chi connectivity index (χ1) is 10.1. The van der Waals surface area contributed by atoms with Crippen molar-refractivity contribution < 1.29 is 9.84 Å². The summed E-state index contributed by atoms with van der Waals surface area (Å²) in [6.45, 7) is 7.38. The van der Waals surface area contributed by atoms with Crippen LogP contribution in [-0.4, -0.2) is 48.5 Å². The molecule has 1 aliphatic heterocycles. The number of ether oxygens (including phenoxy) is 1. The summed E-state index contributed by atoms with van der Waals surface area (Å²) in [6, 6.07) is 10.8. The van der Waals surface area contributed by atoms with E-state index in [1.165, 1.54) is 24.8 Å². The molecular formula is C18H29NO2. The highest BCUT2D eigenvalue weighted by molar-refractivity contribution is 5.15. The van der Waals surface area contributed by atoms with E-state index >= 15 is 0 Å². The topological polar surface area (TPSA) is 32.7 Å². The number of rotatable bonds is 7. The van der Waals surface area contributed by atoms with Crippen molar-refractivity contribution >= 4 is 0 Å². The molecule has 0 bridgehead atoms. The number of benzene rings is 1. The number of nitrogens with zero attached hydrogens (tertiary/aromatic N) is 1. The number of β-amino-alcohol motifs (C(OH)–C–C–N with tert-alkyl or cyclic N) is 1. The van der Waals surface area contributed by atoms with Crippen LogP contribution in [0.2, 0.25) is 0 Å². The van der Waals surface area contributed by atoms with Crippen LogP contribution >= 0.6 is 0 Å². The standard InChI is InChI=1S/C18H29NO2/c1-15(2)21-14-18(20)13-19-10-8-17(9-11-19)12-16-6-4-3-5-7-16/h3-7,15,17-18,20H,8-14H2,1-2H3/t18-/m0/s1. The Labute approximate surface area is 128 Å². The SMILES string of the molecule is CC(C)OC[C@@H](O)CN1CCC(Cc2ccccc2)CC1. The fraction of sp³-hybridized carbons (Fsp3) is 0.667. The first kappa shape index (κ1) is 16.5. The Morgan fingerprint density at radius 3 is 2.48 bits per heavy atom. The molecular weight excluding hydrogens is 262 g/mol. The van der Waals surface area contributed by atoms with Gasteiger partial charge in [0.05, 0.1) is 18.8 Å². The molecule has 0 aliphatic carbocycles. The molecule has 0 radical (unpaired) electrons. The normalized spacial score (nSPS) is 19.0. The van der Waals surface area contributed by atoms with E-state index in [2.05, 4.69) is 35.2 Å². The van der Waals surface area contributed by atoms with Crippen molar-refractivity contribution in [3.05, 3.63) is 35.9 Å². The van der Waals surface area contributed by atoms with Crippen molar-refractivity contribution in [3.63, 3.8) is 0 Å². The van der Waals surface area contributed by atoms with Crippen molar-refractivity contribution in [1.29, 1.82) is 0 Å². The zero-order valence-electron chi connectivity index (χ0n) is 13.4. The lowest BCUT2D eigenvalue weighted by molar-refractivity contribution is -0.0124. The lowest BCUT2D eigenvalue weighted by Crippen LogP contribution is -2.40. The van der Waals surface area contributed by atoms with Crippen molar-refractivity contribution in [2.24, 2.45) is 5.92 Å². The monoisotopic (exact) mass is 291 g/mol. The van der Waals surface area contributed by atoms with Gasteiger partial charge in [0, 0.05) is 6.54 Å². The van der Waals surface area contributed by atoms with Crippen molar-refractivity contribution in [2.45, 2.75) is 45.3 Å². The van der Waals surface area contributed by atoms with Gasteiger partial charge in [0.1, 0.15) is 0 Å². The average molecular weight is 291 g/mol. The summed E-state index contributed by atoms with van der Waals surface area (Å²) in [7, 11) is 0. The fourth-order valence-corrected chi connectivity index (χ4v) is 2.97. The maximum atomic E-state index is 9.98. The Kier molecular flexibility index (Phi) is 6.68. The van der Waals surface area contributed by atoms with Crippen LogP contribution in [0.15, 0.2) is 30.3 Å². The maximum absolute atomic E-state index is 9.98. The van der Waals surface area contributed by atoms with Crippen LogP contribution in [0.4, 0.5) is 0 Å². The predicted molar refractivity (Wildman–Crippen MR) is 86.4 cm³/mol. The van der Waals surface area contributed by atoms with Gasteiger partial charge in [0.25, 0.3) is 0 Å². The van der Waals surface area contributed by atoms with E-state index in [-0.39, 0.29) is 12.2 Å². The number of likely N-dealkylation sites (tertiary alicyclic amines) is 1. The van der Waals surface area contributed by atoms with Crippen LogP contribution in [0, 0.1) is 5.92 Å². The van der Waals surface area contributed by atoms with Gasteiger partial charge in [-0.2, -0.15) is 0 Å². The van der Waals surface area contributed by atoms with Gasteiger partial charge in [-0.3, -0.25) is 0 Å². The van der Waals surface area contributed by atoms with E-state index in [1.54, 1.807) is 0 Å². The quantitative estimate of drug-likeness (QED) is 0.838. The Hall–Kier alpha value is -0.900. The molecule has 3 nitrogen and oxygen atoms in total. The Balaban J connectivity index is 1.66. The minimum atomic E-state index is -0.363. The summed E-state index contributed by atoms with van der Waals surface area (Å²) in [6.07, 6.45) is 3.47. The van der Waals surface area contributed by atoms with E-state index in [0.29, 0.717) is 6.61 Å². The number of aliphatic hydroxyl groups is 1. The highest BCUT2D eigenvalue weighted by Gasteiger charge is 2.21. The number of aliphatic hydroxyl groups excluding tert-OH is 1. The molecule has 21 heavy (non-hydrogen) atoms. The molecule has 0 amide bonds. The summed E-state index contributed by atoms with van der Waals surface area (Å²) < 4.78 is 5.47. The minimum absolute atomic E-state index is 0.191. The maximum Gasteiger partial charge on any atom is 0.0900 e. The van der Waals surface area contributed by atoms with Crippen LogP contribution in [-0.2, 0) is 11.2 Å². The number of hydrogen-bond donors (Lipinski definition) is 1. The molecule has 1 aromatic rings. The molecule has 1 aliphatic rings. The molecule has 3 heteroatoms. The van der Waals surface area contributed by atoms with Crippen LogP contribution in [0.5, 0.6) is 0 Å². The summed E-state index contributed by atoms with van der Waals surface area (Å²) >= 11 is 0. The van der Waals surface area contributed by atoms with Crippen molar-refractivity contribution in [3.8, 4) is 0 Å². The van der Waals surface area contributed by atoms with Crippen LogP contribution in [0.3, 0.4) is 0 Å². The van der Waals surface area contributed by atoms with Crippen LogP contribution < -0.4 is 0 Å². The van der Waals surface area contributed by atoms with Gasteiger partial charge in [0.2, 0.25) is 0 Å². The molecule has 1 N–H and O–H groups in total. The first-order valence-electron chi connectivity index (χ1n) is 8.19. The minimum Gasteiger partial charge on any atom is -0.389 e. The molecule has 1 atom stereocenters. The third-order valence-corrected chi connectivity index (χ3v) is 4.17. The molecule has 0 aromatic heterocycles. The van der Waals surface area contributed by atoms with Crippen molar-refractivity contribution in [2.75, 3.05) is 26.2 Å². The molecule has 1 aromatic carbocycles. The second-order valence-electron chi connectivity index (χ2n) is 6.47. The molecule has 0 saturated carbocycles. The fourth-order valence-electron chi connectivity index (χ4n) is 2.97. The van der Waals surface area contributed by atoms with E-state index in [0.717, 1.165) is 25.6 Å². The summed E-state index contributed by atoms with van der Waals surface area (Å²) in [5, 5.41) is 9.98. The second kappa shape index (κ2) is 8.52. The Morgan fingerprint density at radius 1 is 1.19 bits per heavy atom. The zero-order chi connectivity index (χ0) is 15.1. The van der Waals surface area contributed by atoms with Crippen LogP contribution in [0.1, 0.15) is 32.3 Å². The molecule has 1 heterocycles. The second-order valence-corrected chi connectivity index (χ2v) is 6.47. The third kappa shape index (κ3) is 6.16. The van der Waals surface area contributed by atoms with E-state index in [9.17, 15) is 5.11 Å². The summed E-state index contributed by atoms with van der Waals surface area (Å²) in [5.74, 6) is 0.785. The average Bonchev–Trinajstić information content (AvgIpc) is 2.48. The highest BCUT2D eigenvalue weighted by Crippen LogP contribution is 2.21.